The summed E-state index contributed by atoms with van der Waals surface area (Å²) in [6.45, 7) is 9.88. The van der Waals surface area contributed by atoms with Gasteiger partial charge in [-0.25, -0.2) is 4.98 Å². The van der Waals surface area contributed by atoms with E-state index in [0.717, 1.165) is 54.9 Å². The van der Waals surface area contributed by atoms with Crippen molar-refractivity contribution < 1.29 is 4.79 Å². The van der Waals surface area contributed by atoms with E-state index in [0.29, 0.717) is 32.0 Å². The molecule has 6 nitrogen and oxygen atoms in total. The molecule has 29 heavy (non-hydrogen) atoms. The van der Waals surface area contributed by atoms with Crippen molar-refractivity contribution in [3.63, 3.8) is 0 Å². The summed E-state index contributed by atoms with van der Waals surface area (Å²) in [5.74, 6) is 1.39. The molecular weight excluding hydrogens is 384 g/mol. The summed E-state index contributed by atoms with van der Waals surface area (Å²) in [5.41, 5.74) is 1.38. The van der Waals surface area contributed by atoms with Crippen LogP contribution in [0.2, 0.25) is 0 Å². The molecule has 1 aliphatic carbocycles. The second-order valence-corrected chi connectivity index (χ2v) is 9.81. The van der Waals surface area contributed by atoms with Crippen molar-refractivity contribution in [1.29, 1.82) is 0 Å². The Morgan fingerprint density at radius 2 is 1.86 bits per heavy atom. The van der Waals surface area contributed by atoms with Crippen molar-refractivity contribution in [2.45, 2.75) is 65.8 Å². The molecule has 3 heterocycles. The summed E-state index contributed by atoms with van der Waals surface area (Å²) in [4.78, 5) is 37.2. The van der Waals surface area contributed by atoms with Gasteiger partial charge in [0.05, 0.1) is 5.39 Å². The third-order valence-corrected chi connectivity index (χ3v) is 7.17. The number of amides is 1. The number of thiophene rings is 1. The van der Waals surface area contributed by atoms with Crippen molar-refractivity contribution in [2.75, 3.05) is 31.1 Å². The average molecular weight is 417 g/mol. The highest BCUT2D eigenvalue weighted by Gasteiger charge is 2.27. The Labute approximate surface area is 176 Å². The molecule has 4 rings (SSSR count). The van der Waals surface area contributed by atoms with E-state index in [2.05, 4.69) is 18.7 Å². The maximum Gasteiger partial charge on any atom is 0.263 e. The third-order valence-electron chi connectivity index (χ3n) is 5.98. The van der Waals surface area contributed by atoms with Gasteiger partial charge in [0.25, 0.3) is 5.56 Å². The minimum atomic E-state index is 0.127. The van der Waals surface area contributed by atoms with Crippen LogP contribution in [0.1, 0.15) is 56.9 Å². The Balaban J connectivity index is 1.70. The van der Waals surface area contributed by atoms with E-state index in [1.165, 1.54) is 16.9 Å². The maximum absolute atomic E-state index is 13.6. The molecule has 2 aromatic heterocycles. The van der Waals surface area contributed by atoms with Crippen molar-refractivity contribution in [3.05, 3.63) is 20.8 Å². The van der Waals surface area contributed by atoms with Crippen LogP contribution in [0.15, 0.2) is 4.79 Å². The lowest BCUT2D eigenvalue weighted by atomic mass is 9.97. The van der Waals surface area contributed by atoms with Gasteiger partial charge in [-0.1, -0.05) is 20.8 Å². The average Bonchev–Trinajstić information content (AvgIpc) is 3.08. The Morgan fingerprint density at radius 3 is 2.55 bits per heavy atom. The van der Waals surface area contributed by atoms with Crippen LogP contribution >= 0.6 is 11.3 Å². The molecule has 0 unspecified atom stereocenters. The number of aryl methyl sites for hydroxylation is 2. The highest BCUT2D eigenvalue weighted by Crippen LogP contribution is 2.34. The number of anilines is 1. The number of nitrogens with zero attached hydrogens (tertiary/aromatic N) is 4. The fraction of sp³-hybridized carbons (Fsp3) is 0.682. The Bertz CT molecular complexity index is 954. The van der Waals surface area contributed by atoms with Crippen molar-refractivity contribution in [3.8, 4) is 0 Å². The van der Waals surface area contributed by atoms with Gasteiger partial charge in [-0.3, -0.25) is 14.2 Å². The zero-order valence-electron chi connectivity index (χ0n) is 17.9. The molecule has 2 aromatic rings. The minimum absolute atomic E-state index is 0.127. The molecule has 2 aliphatic rings. The lowest BCUT2D eigenvalue weighted by Crippen LogP contribution is -2.50. The van der Waals surface area contributed by atoms with Gasteiger partial charge in [-0.05, 0) is 43.6 Å². The summed E-state index contributed by atoms with van der Waals surface area (Å²) < 4.78 is 1.90. The maximum atomic E-state index is 13.6. The monoisotopic (exact) mass is 416 g/mol. The van der Waals surface area contributed by atoms with Crippen molar-refractivity contribution in [1.82, 2.24) is 14.5 Å². The van der Waals surface area contributed by atoms with Crippen LogP contribution in [0, 0.1) is 5.92 Å². The van der Waals surface area contributed by atoms with Crippen LogP contribution < -0.4 is 10.5 Å². The van der Waals surface area contributed by atoms with Gasteiger partial charge in [-0.2, -0.15) is 0 Å². The Morgan fingerprint density at radius 1 is 1.14 bits per heavy atom. The number of hydrogen-bond donors (Lipinski definition) is 0. The number of carbonyl (C=O) groups is 1. The molecule has 1 saturated heterocycles. The largest absolute Gasteiger partial charge is 0.339 e. The molecule has 1 fully saturated rings. The van der Waals surface area contributed by atoms with E-state index in [4.69, 9.17) is 4.98 Å². The topological polar surface area (TPSA) is 58.4 Å². The van der Waals surface area contributed by atoms with E-state index in [1.54, 1.807) is 11.3 Å². The summed E-state index contributed by atoms with van der Waals surface area (Å²) in [7, 11) is 0. The van der Waals surface area contributed by atoms with Crippen LogP contribution in [0.4, 0.5) is 5.95 Å². The van der Waals surface area contributed by atoms with Gasteiger partial charge in [0, 0.05) is 44.0 Å². The minimum Gasteiger partial charge on any atom is -0.339 e. The predicted octanol–water partition coefficient (Wildman–Crippen LogP) is 3.44. The van der Waals surface area contributed by atoms with Gasteiger partial charge in [-0.15, -0.1) is 11.3 Å². The van der Waals surface area contributed by atoms with Crippen molar-refractivity contribution >= 4 is 33.4 Å². The lowest BCUT2D eigenvalue weighted by molar-refractivity contribution is -0.131. The van der Waals surface area contributed by atoms with Gasteiger partial charge in [0.15, 0.2) is 0 Å². The summed E-state index contributed by atoms with van der Waals surface area (Å²) in [5, 5.41) is 0.867. The Hall–Kier alpha value is -1.89. The molecule has 0 N–H and O–H groups in total. The van der Waals surface area contributed by atoms with Gasteiger partial charge >= 0.3 is 0 Å². The summed E-state index contributed by atoms with van der Waals surface area (Å²) in [6, 6.07) is 0. The first-order valence-corrected chi connectivity index (χ1v) is 11.9. The summed E-state index contributed by atoms with van der Waals surface area (Å²) in [6.07, 6.45) is 5.95. The molecule has 7 heteroatoms. The first kappa shape index (κ1) is 20.4. The molecular formula is C22H32N4O2S. The molecule has 0 aromatic carbocycles. The van der Waals surface area contributed by atoms with Crippen LogP contribution in [0.5, 0.6) is 0 Å². The zero-order chi connectivity index (χ0) is 20.5. The van der Waals surface area contributed by atoms with E-state index in [9.17, 15) is 9.59 Å². The number of piperazine rings is 1. The van der Waals surface area contributed by atoms with E-state index >= 15 is 0 Å². The number of hydrogen-bond acceptors (Lipinski definition) is 5. The highest BCUT2D eigenvalue weighted by atomic mass is 32.1. The molecule has 0 atom stereocenters. The van der Waals surface area contributed by atoms with Crippen molar-refractivity contribution in [2.24, 2.45) is 5.92 Å². The molecule has 1 aliphatic heterocycles. The van der Waals surface area contributed by atoms with Gasteiger partial charge < -0.3 is 9.80 Å². The quantitative estimate of drug-likeness (QED) is 0.749. The fourth-order valence-electron chi connectivity index (χ4n) is 4.53. The second-order valence-electron chi connectivity index (χ2n) is 8.73. The fourth-order valence-corrected chi connectivity index (χ4v) is 5.77. The number of carbonyl (C=O) groups excluding carboxylic acids is 1. The van der Waals surface area contributed by atoms with Gasteiger partial charge in [0.2, 0.25) is 11.9 Å². The normalized spacial score (nSPS) is 17.2. The lowest BCUT2D eigenvalue weighted by Gasteiger charge is -2.36. The van der Waals surface area contributed by atoms with Crippen LogP contribution in [-0.2, 0) is 24.2 Å². The molecule has 0 radical (unpaired) electrons. The smallest absolute Gasteiger partial charge is 0.263 e. The molecule has 0 spiro atoms. The number of aromatic nitrogens is 2. The van der Waals surface area contributed by atoms with Crippen LogP contribution in [0.3, 0.4) is 0 Å². The summed E-state index contributed by atoms with van der Waals surface area (Å²) >= 11 is 1.72. The molecule has 0 bridgehead atoms. The molecule has 1 amide bonds. The number of rotatable bonds is 5. The second kappa shape index (κ2) is 8.46. The first-order valence-electron chi connectivity index (χ1n) is 11.1. The third kappa shape index (κ3) is 3.93. The van der Waals surface area contributed by atoms with Crippen LogP contribution in [-0.4, -0.2) is 46.5 Å². The molecule has 158 valence electrons. The first-order chi connectivity index (χ1) is 14.0. The van der Waals surface area contributed by atoms with E-state index in [1.807, 2.05) is 16.4 Å². The standard InChI is InChI=1S/C22H32N4O2S/c1-4-7-18(27)24-10-12-25(13-11-24)22-23-20-19(21(28)26(22)14-15(2)3)16-8-5-6-9-17(16)29-20/h15H,4-14H2,1-3H3. The SMILES string of the molecule is CCCC(=O)N1CCN(c2nc3sc4c(c3c(=O)n2CC(C)C)CCCC4)CC1. The number of fused-ring (bicyclic) bond motifs is 3. The molecule has 0 saturated carbocycles. The van der Waals surface area contributed by atoms with Gasteiger partial charge in [0.1, 0.15) is 4.83 Å². The van der Waals surface area contributed by atoms with E-state index < -0.39 is 0 Å². The van der Waals surface area contributed by atoms with E-state index in [-0.39, 0.29) is 11.5 Å². The Kier molecular flexibility index (Phi) is 5.95. The predicted molar refractivity (Wildman–Crippen MR) is 119 cm³/mol. The van der Waals surface area contributed by atoms with Crippen LogP contribution in [0.25, 0.3) is 10.2 Å². The zero-order valence-corrected chi connectivity index (χ0v) is 18.7. The highest BCUT2D eigenvalue weighted by molar-refractivity contribution is 7.18.